The molecule has 2 aliphatic rings. The molecule has 3 rings (SSSR count). The standard InChI is InChI=1S/C18H24O3/c1-21-14-9-7-12-8-10-15(18(19)20)17(16(12)11-14)13-5-3-2-4-6-13/h7,9,11,13,15,17H,2-6,8,10H2,1H3,(H,19,20). The SMILES string of the molecule is COc1ccc2c(c1)C(C1CCCCC1)C(C(=O)O)CC2. The molecular weight excluding hydrogens is 264 g/mol. The van der Waals surface area contributed by atoms with Gasteiger partial charge in [-0.1, -0.05) is 25.3 Å². The van der Waals surface area contributed by atoms with Gasteiger partial charge in [0.15, 0.2) is 0 Å². The first-order valence-corrected chi connectivity index (χ1v) is 8.10. The summed E-state index contributed by atoms with van der Waals surface area (Å²) in [5.74, 6) is 0.681. The molecule has 2 unspecified atom stereocenters. The molecule has 1 fully saturated rings. The van der Waals surface area contributed by atoms with E-state index in [1.54, 1.807) is 7.11 Å². The predicted octanol–water partition coefficient (Wildman–Crippen LogP) is 4.01. The number of carbonyl (C=O) groups is 1. The maximum Gasteiger partial charge on any atom is 0.307 e. The molecule has 1 aromatic carbocycles. The number of hydrogen-bond donors (Lipinski definition) is 1. The van der Waals surface area contributed by atoms with Crippen molar-refractivity contribution < 1.29 is 14.6 Å². The van der Waals surface area contributed by atoms with Gasteiger partial charge in [0.2, 0.25) is 0 Å². The van der Waals surface area contributed by atoms with Crippen molar-refractivity contribution in [3.8, 4) is 5.75 Å². The van der Waals surface area contributed by atoms with Crippen LogP contribution in [0.4, 0.5) is 0 Å². The molecule has 0 amide bonds. The molecule has 21 heavy (non-hydrogen) atoms. The minimum absolute atomic E-state index is 0.168. The Bertz CT molecular complexity index is 517. The van der Waals surface area contributed by atoms with Crippen molar-refractivity contribution >= 4 is 5.97 Å². The molecule has 1 N–H and O–H groups in total. The molecule has 3 nitrogen and oxygen atoms in total. The Hall–Kier alpha value is -1.51. The van der Waals surface area contributed by atoms with Crippen molar-refractivity contribution in [2.75, 3.05) is 7.11 Å². The number of aryl methyl sites for hydroxylation is 1. The lowest BCUT2D eigenvalue weighted by Gasteiger charge is -2.38. The third-order valence-corrected chi connectivity index (χ3v) is 5.35. The molecule has 0 saturated heterocycles. The van der Waals surface area contributed by atoms with E-state index in [2.05, 4.69) is 12.1 Å². The summed E-state index contributed by atoms with van der Waals surface area (Å²) in [6, 6.07) is 6.21. The van der Waals surface area contributed by atoms with Crippen molar-refractivity contribution in [2.45, 2.75) is 50.9 Å². The maximum atomic E-state index is 11.7. The zero-order valence-electron chi connectivity index (χ0n) is 12.7. The quantitative estimate of drug-likeness (QED) is 0.914. The van der Waals surface area contributed by atoms with E-state index in [1.807, 2.05) is 6.07 Å². The third kappa shape index (κ3) is 2.78. The molecular formula is C18H24O3. The first-order valence-electron chi connectivity index (χ1n) is 8.10. The Balaban J connectivity index is 2.00. The smallest absolute Gasteiger partial charge is 0.307 e. The Kier molecular flexibility index (Phi) is 4.18. The van der Waals surface area contributed by atoms with E-state index in [9.17, 15) is 9.90 Å². The summed E-state index contributed by atoms with van der Waals surface area (Å²) < 4.78 is 5.36. The Morgan fingerprint density at radius 2 is 1.95 bits per heavy atom. The second-order valence-corrected chi connectivity index (χ2v) is 6.47. The van der Waals surface area contributed by atoms with Gasteiger partial charge in [-0.3, -0.25) is 4.79 Å². The number of carboxylic acid groups (broad SMARTS) is 1. The van der Waals surface area contributed by atoms with E-state index in [0.717, 1.165) is 18.6 Å². The summed E-state index contributed by atoms with van der Waals surface area (Å²) >= 11 is 0. The van der Waals surface area contributed by atoms with Gasteiger partial charge in [-0.15, -0.1) is 0 Å². The average molecular weight is 288 g/mol. The molecule has 1 saturated carbocycles. The fraction of sp³-hybridized carbons (Fsp3) is 0.611. The average Bonchev–Trinajstić information content (AvgIpc) is 2.53. The van der Waals surface area contributed by atoms with E-state index in [-0.39, 0.29) is 11.8 Å². The number of fused-ring (bicyclic) bond motifs is 1. The normalized spacial score (nSPS) is 26.1. The van der Waals surface area contributed by atoms with Gasteiger partial charge >= 0.3 is 5.97 Å². The highest BCUT2D eigenvalue weighted by atomic mass is 16.5. The van der Waals surface area contributed by atoms with Crippen LogP contribution < -0.4 is 4.74 Å². The zero-order chi connectivity index (χ0) is 14.8. The molecule has 2 atom stereocenters. The second-order valence-electron chi connectivity index (χ2n) is 6.47. The van der Waals surface area contributed by atoms with E-state index in [1.165, 1.54) is 43.2 Å². The Labute approximate surface area is 126 Å². The molecule has 0 aliphatic heterocycles. The summed E-state index contributed by atoms with van der Waals surface area (Å²) in [6.45, 7) is 0. The van der Waals surface area contributed by atoms with E-state index in [0.29, 0.717) is 5.92 Å². The van der Waals surface area contributed by atoms with Crippen LogP contribution in [0.2, 0.25) is 0 Å². The van der Waals surface area contributed by atoms with Gasteiger partial charge in [0.1, 0.15) is 5.75 Å². The van der Waals surface area contributed by atoms with Gasteiger partial charge in [-0.05, 0) is 54.9 Å². The summed E-state index contributed by atoms with van der Waals surface area (Å²) in [5, 5.41) is 9.66. The van der Waals surface area contributed by atoms with E-state index >= 15 is 0 Å². The molecule has 0 heterocycles. The molecule has 3 heteroatoms. The molecule has 0 radical (unpaired) electrons. The van der Waals surface area contributed by atoms with Gasteiger partial charge in [0, 0.05) is 5.92 Å². The van der Waals surface area contributed by atoms with Crippen LogP contribution in [0.1, 0.15) is 55.6 Å². The van der Waals surface area contributed by atoms with Gasteiger partial charge in [0.25, 0.3) is 0 Å². The molecule has 0 aromatic heterocycles. The number of benzene rings is 1. The van der Waals surface area contributed by atoms with Gasteiger partial charge in [-0.2, -0.15) is 0 Å². The molecule has 2 aliphatic carbocycles. The van der Waals surface area contributed by atoms with Crippen molar-refractivity contribution in [1.82, 2.24) is 0 Å². The summed E-state index contributed by atoms with van der Waals surface area (Å²) in [7, 11) is 1.68. The van der Waals surface area contributed by atoms with Crippen LogP contribution in [0.25, 0.3) is 0 Å². The highest BCUT2D eigenvalue weighted by molar-refractivity contribution is 5.72. The van der Waals surface area contributed by atoms with Gasteiger partial charge in [-0.25, -0.2) is 0 Å². The number of aliphatic carboxylic acids is 1. The zero-order valence-corrected chi connectivity index (χ0v) is 12.7. The number of methoxy groups -OCH3 is 1. The Morgan fingerprint density at radius 3 is 2.62 bits per heavy atom. The highest BCUT2D eigenvalue weighted by Gasteiger charge is 2.39. The lowest BCUT2D eigenvalue weighted by Crippen LogP contribution is -2.33. The maximum absolute atomic E-state index is 11.7. The lowest BCUT2D eigenvalue weighted by molar-refractivity contribution is -0.143. The first kappa shape index (κ1) is 14.4. The number of ether oxygens (including phenoxy) is 1. The topological polar surface area (TPSA) is 46.5 Å². The van der Waals surface area contributed by atoms with Crippen molar-refractivity contribution in [3.63, 3.8) is 0 Å². The summed E-state index contributed by atoms with van der Waals surface area (Å²) in [6.07, 6.45) is 7.77. The Morgan fingerprint density at radius 1 is 1.19 bits per heavy atom. The highest BCUT2D eigenvalue weighted by Crippen LogP contribution is 2.47. The minimum atomic E-state index is -0.626. The number of carboxylic acids is 1. The predicted molar refractivity (Wildman–Crippen MR) is 81.8 cm³/mol. The molecule has 1 aromatic rings. The van der Waals surface area contributed by atoms with Crippen LogP contribution in [0.5, 0.6) is 5.75 Å². The number of hydrogen-bond acceptors (Lipinski definition) is 2. The van der Waals surface area contributed by atoms with Gasteiger partial charge in [0.05, 0.1) is 13.0 Å². The summed E-state index contributed by atoms with van der Waals surface area (Å²) in [4.78, 5) is 11.7. The van der Waals surface area contributed by atoms with Crippen LogP contribution >= 0.6 is 0 Å². The fourth-order valence-electron chi connectivity index (χ4n) is 4.30. The second kappa shape index (κ2) is 6.08. The van der Waals surface area contributed by atoms with Crippen LogP contribution in [0.15, 0.2) is 18.2 Å². The molecule has 0 bridgehead atoms. The lowest BCUT2D eigenvalue weighted by atomic mass is 9.65. The van der Waals surface area contributed by atoms with Gasteiger partial charge < -0.3 is 9.84 Å². The third-order valence-electron chi connectivity index (χ3n) is 5.35. The minimum Gasteiger partial charge on any atom is -0.497 e. The van der Waals surface area contributed by atoms with Crippen LogP contribution in [-0.4, -0.2) is 18.2 Å². The molecule has 0 spiro atoms. The largest absolute Gasteiger partial charge is 0.497 e. The summed E-state index contributed by atoms with van der Waals surface area (Å²) in [5.41, 5.74) is 2.56. The van der Waals surface area contributed by atoms with Crippen LogP contribution in [0, 0.1) is 11.8 Å². The molecule has 114 valence electrons. The van der Waals surface area contributed by atoms with Crippen LogP contribution in [-0.2, 0) is 11.2 Å². The van der Waals surface area contributed by atoms with Crippen molar-refractivity contribution in [3.05, 3.63) is 29.3 Å². The fourth-order valence-corrected chi connectivity index (χ4v) is 4.30. The van der Waals surface area contributed by atoms with E-state index < -0.39 is 5.97 Å². The van der Waals surface area contributed by atoms with Crippen LogP contribution in [0.3, 0.4) is 0 Å². The monoisotopic (exact) mass is 288 g/mol. The van der Waals surface area contributed by atoms with E-state index in [4.69, 9.17) is 4.74 Å². The number of rotatable bonds is 3. The van der Waals surface area contributed by atoms with Crippen molar-refractivity contribution in [2.24, 2.45) is 11.8 Å². The first-order chi connectivity index (χ1) is 10.2. The van der Waals surface area contributed by atoms with Crippen molar-refractivity contribution in [1.29, 1.82) is 0 Å².